The summed E-state index contributed by atoms with van der Waals surface area (Å²) < 4.78 is 5.13. The Hall–Kier alpha value is -1.79. The molecule has 0 aliphatic carbocycles. The van der Waals surface area contributed by atoms with E-state index in [0.29, 0.717) is 13.2 Å². The predicted molar refractivity (Wildman–Crippen MR) is 71.9 cm³/mol. The summed E-state index contributed by atoms with van der Waals surface area (Å²) in [7, 11) is 1.87. The first kappa shape index (κ1) is 14.3. The van der Waals surface area contributed by atoms with Crippen LogP contribution in [0, 0.1) is 11.8 Å². The first-order valence-corrected chi connectivity index (χ1v) is 6.02. The first-order chi connectivity index (χ1) is 8.70. The Morgan fingerprint density at radius 1 is 1.39 bits per heavy atom. The van der Waals surface area contributed by atoms with E-state index in [9.17, 15) is 4.79 Å². The highest BCUT2D eigenvalue weighted by molar-refractivity contribution is 5.77. The van der Waals surface area contributed by atoms with Gasteiger partial charge in [-0.2, -0.15) is 0 Å². The van der Waals surface area contributed by atoms with Crippen LogP contribution in [0.3, 0.4) is 0 Å². The Kier molecular flexibility index (Phi) is 5.96. The quantitative estimate of drug-likeness (QED) is 0.588. The number of carbonyl (C=O) groups is 1. The van der Waals surface area contributed by atoms with Crippen LogP contribution in [0.15, 0.2) is 30.3 Å². The maximum Gasteiger partial charge on any atom is 0.328 e. The van der Waals surface area contributed by atoms with E-state index in [2.05, 4.69) is 11.8 Å². The number of rotatable bonds is 5. The minimum atomic E-state index is -0.396. The number of carbonyl (C=O) groups excluding carboxylic acids is 1. The van der Waals surface area contributed by atoms with Crippen molar-refractivity contribution < 1.29 is 9.53 Å². The summed E-state index contributed by atoms with van der Waals surface area (Å²) >= 11 is 0. The van der Waals surface area contributed by atoms with E-state index in [-0.39, 0.29) is 5.97 Å². The van der Waals surface area contributed by atoms with Gasteiger partial charge in [-0.25, -0.2) is 4.79 Å². The van der Waals surface area contributed by atoms with Crippen LogP contribution in [0.25, 0.3) is 0 Å². The molecule has 1 aromatic rings. The largest absolute Gasteiger partial charge is 0.465 e. The minimum absolute atomic E-state index is 0.232. The summed E-state index contributed by atoms with van der Waals surface area (Å²) in [5, 5.41) is 0. The first-order valence-electron chi connectivity index (χ1n) is 6.02. The van der Waals surface area contributed by atoms with E-state index in [1.165, 1.54) is 0 Å². The van der Waals surface area contributed by atoms with Crippen molar-refractivity contribution in [1.82, 2.24) is 4.90 Å². The normalized spacial score (nSPS) is 11.6. The Labute approximate surface area is 109 Å². The van der Waals surface area contributed by atoms with Crippen molar-refractivity contribution in [1.29, 1.82) is 0 Å². The van der Waals surface area contributed by atoms with Crippen molar-refractivity contribution in [3.8, 4) is 11.8 Å². The average Bonchev–Trinajstić information content (AvgIpc) is 2.38. The Morgan fingerprint density at radius 3 is 2.61 bits per heavy atom. The van der Waals surface area contributed by atoms with E-state index in [1.54, 1.807) is 6.92 Å². The standard InChI is InChI=1S/C15H19NO2/c1-4-6-12-16(3)14(15(17)18-5-2)13-10-8-7-9-11-13/h7-11,14H,5,12H2,1-3H3. The molecule has 0 N–H and O–H groups in total. The smallest absolute Gasteiger partial charge is 0.328 e. The van der Waals surface area contributed by atoms with Gasteiger partial charge in [0.05, 0.1) is 13.2 Å². The van der Waals surface area contributed by atoms with Crippen molar-refractivity contribution in [2.24, 2.45) is 0 Å². The van der Waals surface area contributed by atoms with Gasteiger partial charge in [0.15, 0.2) is 0 Å². The van der Waals surface area contributed by atoms with Crippen molar-refractivity contribution in [3.63, 3.8) is 0 Å². The molecule has 0 radical (unpaired) electrons. The second-order valence-corrected chi connectivity index (χ2v) is 3.91. The molecule has 0 heterocycles. The molecule has 0 saturated carbocycles. The predicted octanol–water partition coefficient (Wildman–Crippen LogP) is 2.25. The topological polar surface area (TPSA) is 29.5 Å². The summed E-state index contributed by atoms with van der Waals surface area (Å²) in [5.41, 5.74) is 0.927. The van der Waals surface area contributed by atoms with Crippen LogP contribution in [-0.4, -0.2) is 31.1 Å². The van der Waals surface area contributed by atoms with Gasteiger partial charge in [0, 0.05) is 0 Å². The molecule has 0 fully saturated rings. The molecule has 0 spiro atoms. The van der Waals surface area contributed by atoms with Gasteiger partial charge in [0.2, 0.25) is 0 Å². The number of hydrogen-bond donors (Lipinski definition) is 0. The lowest BCUT2D eigenvalue weighted by Crippen LogP contribution is -2.32. The van der Waals surface area contributed by atoms with Crippen molar-refractivity contribution in [2.75, 3.05) is 20.2 Å². The fraction of sp³-hybridized carbons (Fsp3) is 0.400. The van der Waals surface area contributed by atoms with Crippen LogP contribution in [0.2, 0.25) is 0 Å². The van der Waals surface area contributed by atoms with Crippen molar-refractivity contribution in [3.05, 3.63) is 35.9 Å². The lowest BCUT2D eigenvalue weighted by molar-refractivity contribution is -0.149. The molecule has 1 aromatic carbocycles. The van der Waals surface area contributed by atoms with Gasteiger partial charge >= 0.3 is 5.97 Å². The molecule has 3 nitrogen and oxygen atoms in total. The molecular weight excluding hydrogens is 226 g/mol. The van der Waals surface area contributed by atoms with E-state index in [1.807, 2.05) is 49.2 Å². The molecule has 0 aromatic heterocycles. The maximum atomic E-state index is 12.0. The van der Waals surface area contributed by atoms with Crippen LogP contribution in [-0.2, 0) is 9.53 Å². The SMILES string of the molecule is CC#CCN(C)C(C(=O)OCC)c1ccccc1. The van der Waals surface area contributed by atoms with E-state index in [4.69, 9.17) is 4.74 Å². The van der Waals surface area contributed by atoms with Crippen LogP contribution < -0.4 is 0 Å². The maximum absolute atomic E-state index is 12.0. The zero-order chi connectivity index (χ0) is 13.4. The summed E-state index contributed by atoms with van der Waals surface area (Å²) in [6.45, 7) is 4.52. The highest BCUT2D eigenvalue weighted by atomic mass is 16.5. The van der Waals surface area contributed by atoms with Crippen LogP contribution in [0.4, 0.5) is 0 Å². The third kappa shape index (κ3) is 3.90. The van der Waals surface area contributed by atoms with Gasteiger partial charge in [-0.15, -0.1) is 5.92 Å². The zero-order valence-corrected chi connectivity index (χ0v) is 11.1. The van der Waals surface area contributed by atoms with Crippen LogP contribution >= 0.6 is 0 Å². The molecule has 3 heteroatoms. The molecular formula is C15H19NO2. The molecule has 96 valence electrons. The highest BCUT2D eigenvalue weighted by Gasteiger charge is 2.25. The number of likely N-dealkylation sites (N-methyl/N-ethyl adjacent to an activating group) is 1. The molecule has 0 aliphatic heterocycles. The highest BCUT2D eigenvalue weighted by Crippen LogP contribution is 2.20. The lowest BCUT2D eigenvalue weighted by Gasteiger charge is -2.24. The summed E-state index contributed by atoms with van der Waals surface area (Å²) in [4.78, 5) is 13.9. The van der Waals surface area contributed by atoms with Crippen molar-refractivity contribution in [2.45, 2.75) is 19.9 Å². The third-order valence-corrected chi connectivity index (χ3v) is 2.57. The fourth-order valence-corrected chi connectivity index (χ4v) is 1.72. The van der Waals surface area contributed by atoms with Crippen LogP contribution in [0.1, 0.15) is 25.5 Å². The Bertz CT molecular complexity index is 431. The number of ether oxygens (including phenoxy) is 1. The fourth-order valence-electron chi connectivity index (χ4n) is 1.72. The molecule has 0 aliphatic rings. The number of nitrogens with zero attached hydrogens (tertiary/aromatic N) is 1. The number of benzene rings is 1. The molecule has 0 saturated heterocycles. The van der Waals surface area contributed by atoms with Crippen molar-refractivity contribution >= 4 is 5.97 Å². The van der Waals surface area contributed by atoms with Gasteiger partial charge in [0.25, 0.3) is 0 Å². The number of esters is 1. The van der Waals surface area contributed by atoms with E-state index >= 15 is 0 Å². The lowest BCUT2D eigenvalue weighted by atomic mass is 10.1. The van der Waals surface area contributed by atoms with E-state index < -0.39 is 6.04 Å². The van der Waals surface area contributed by atoms with Gasteiger partial charge in [-0.05, 0) is 26.5 Å². The summed E-state index contributed by atoms with van der Waals surface area (Å²) in [6.07, 6.45) is 0. The minimum Gasteiger partial charge on any atom is -0.465 e. The van der Waals surface area contributed by atoms with Gasteiger partial charge in [-0.3, -0.25) is 4.90 Å². The Balaban J connectivity index is 2.93. The monoisotopic (exact) mass is 245 g/mol. The summed E-state index contributed by atoms with van der Waals surface area (Å²) in [5.74, 6) is 5.56. The average molecular weight is 245 g/mol. The zero-order valence-electron chi connectivity index (χ0n) is 11.1. The Morgan fingerprint density at radius 2 is 2.06 bits per heavy atom. The van der Waals surface area contributed by atoms with E-state index in [0.717, 1.165) is 5.56 Å². The number of hydrogen-bond acceptors (Lipinski definition) is 3. The molecule has 18 heavy (non-hydrogen) atoms. The summed E-state index contributed by atoms with van der Waals surface area (Å²) in [6, 6.07) is 9.22. The molecule has 0 amide bonds. The van der Waals surface area contributed by atoms with Gasteiger partial charge < -0.3 is 4.74 Å². The van der Waals surface area contributed by atoms with Gasteiger partial charge in [0.1, 0.15) is 6.04 Å². The van der Waals surface area contributed by atoms with Gasteiger partial charge in [-0.1, -0.05) is 36.3 Å². The molecule has 0 bridgehead atoms. The molecule has 1 atom stereocenters. The second-order valence-electron chi connectivity index (χ2n) is 3.91. The third-order valence-electron chi connectivity index (χ3n) is 2.57. The van der Waals surface area contributed by atoms with Crippen LogP contribution in [0.5, 0.6) is 0 Å². The second kappa shape index (κ2) is 7.52. The molecule has 1 rings (SSSR count). The molecule has 1 unspecified atom stereocenters.